The van der Waals surface area contributed by atoms with Crippen LogP contribution >= 0.6 is 0 Å². The third-order valence-electron chi connectivity index (χ3n) is 6.72. The molecule has 1 atom stereocenters. The highest BCUT2D eigenvalue weighted by Gasteiger charge is 2.40. The molecule has 2 aromatic carbocycles. The summed E-state index contributed by atoms with van der Waals surface area (Å²) in [7, 11) is 3.71. The van der Waals surface area contributed by atoms with Gasteiger partial charge in [0.25, 0.3) is 0 Å². The molecule has 1 saturated heterocycles. The van der Waals surface area contributed by atoms with Gasteiger partial charge in [-0.15, -0.1) is 0 Å². The number of aliphatic hydroxyl groups is 1. The molecule has 33 heavy (non-hydrogen) atoms. The lowest BCUT2D eigenvalue weighted by Gasteiger charge is -2.43. The second-order valence-electron chi connectivity index (χ2n) is 9.12. The minimum Gasteiger partial charge on any atom is -0.494 e. The molecule has 1 aliphatic heterocycles. The zero-order valence-electron chi connectivity index (χ0n) is 20.3. The first-order chi connectivity index (χ1) is 15.9. The molecule has 1 heterocycles. The van der Waals surface area contributed by atoms with Crippen LogP contribution in [-0.4, -0.2) is 68.7 Å². The largest absolute Gasteiger partial charge is 0.494 e. The van der Waals surface area contributed by atoms with Crippen molar-refractivity contribution in [1.29, 1.82) is 0 Å². The number of likely N-dealkylation sites (tertiary alicyclic amines) is 1. The van der Waals surface area contributed by atoms with Crippen molar-refractivity contribution >= 4 is 5.69 Å². The number of rotatable bonds is 12. The fraction of sp³-hybridized carbons (Fsp3) is 0.556. The number of halogens is 1. The number of hydrogen-bond donors (Lipinski definition) is 1. The molecule has 1 unspecified atom stereocenters. The van der Waals surface area contributed by atoms with E-state index in [9.17, 15) is 9.50 Å². The molecule has 6 heteroatoms. The zero-order chi connectivity index (χ0) is 23.7. The molecule has 182 valence electrons. The lowest BCUT2D eigenvalue weighted by Crippen LogP contribution is -2.55. The van der Waals surface area contributed by atoms with E-state index in [1.165, 1.54) is 12.1 Å². The molecule has 0 bridgehead atoms. The Labute approximate surface area is 198 Å². The summed E-state index contributed by atoms with van der Waals surface area (Å²) >= 11 is 0. The highest BCUT2D eigenvalue weighted by atomic mass is 19.1. The number of piperidine rings is 1. The lowest BCUT2D eigenvalue weighted by molar-refractivity contribution is -0.118. The molecule has 0 saturated carbocycles. The number of ether oxygens (including phenoxy) is 2. The van der Waals surface area contributed by atoms with Crippen molar-refractivity contribution in [2.45, 2.75) is 50.7 Å². The molecule has 1 N–H and O–H groups in total. The molecule has 3 rings (SSSR count). The van der Waals surface area contributed by atoms with Crippen LogP contribution < -0.4 is 9.64 Å². The van der Waals surface area contributed by atoms with Gasteiger partial charge in [-0.05, 0) is 67.6 Å². The van der Waals surface area contributed by atoms with Gasteiger partial charge in [0.15, 0.2) is 0 Å². The standard InChI is InChI=1S/C27H39FN2O3/c1-4-5-20-33-25-12-10-24(11-13-25)29(2)21-26(32-3)27(31)15-18-30(19-16-27)17-14-22-6-8-23(28)9-7-22/h6-13,26,31H,4-5,14-21H2,1-3H3. The van der Waals surface area contributed by atoms with Gasteiger partial charge >= 0.3 is 0 Å². The Morgan fingerprint density at radius 3 is 2.36 bits per heavy atom. The fourth-order valence-electron chi connectivity index (χ4n) is 4.37. The van der Waals surface area contributed by atoms with Crippen LogP contribution in [0.5, 0.6) is 5.75 Å². The molecule has 0 radical (unpaired) electrons. The summed E-state index contributed by atoms with van der Waals surface area (Å²) < 4.78 is 24.6. The zero-order valence-corrected chi connectivity index (χ0v) is 20.3. The topological polar surface area (TPSA) is 45.2 Å². The Balaban J connectivity index is 1.48. The van der Waals surface area contributed by atoms with Gasteiger partial charge in [-0.25, -0.2) is 4.39 Å². The Morgan fingerprint density at radius 2 is 1.76 bits per heavy atom. The number of benzene rings is 2. The predicted molar refractivity (Wildman–Crippen MR) is 132 cm³/mol. The summed E-state index contributed by atoms with van der Waals surface area (Å²) in [6.45, 7) is 6.06. The van der Waals surface area contributed by atoms with Crippen molar-refractivity contribution in [3.63, 3.8) is 0 Å². The molecular formula is C27H39FN2O3. The van der Waals surface area contributed by atoms with E-state index in [2.05, 4.69) is 28.9 Å². The van der Waals surface area contributed by atoms with E-state index in [0.717, 1.165) is 62.5 Å². The van der Waals surface area contributed by atoms with Gasteiger partial charge < -0.3 is 24.4 Å². The molecule has 2 aromatic rings. The monoisotopic (exact) mass is 458 g/mol. The molecule has 5 nitrogen and oxygen atoms in total. The Bertz CT molecular complexity index is 820. The molecule has 0 aliphatic carbocycles. The maximum atomic E-state index is 13.1. The average Bonchev–Trinajstić information content (AvgIpc) is 2.83. The van der Waals surface area contributed by atoms with Crippen LogP contribution in [0.25, 0.3) is 0 Å². The van der Waals surface area contributed by atoms with Gasteiger partial charge in [0, 0.05) is 46.0 Å². The summed E-state index contributed by atoms with van der Waals surface area (Å²) in [4.78, 5) is 4.49. The van der Waals surface area contributed by atoms with Crippen molar-refractivity contribution in [3.8, 4) is 5.75 Å². The van der Waals surface area contributed by atoms with Crippen LogP contribution in [0, 0.1) is 5.82 Å². The summed E-state index contributed by atoms with van der Waals surface area (Å²) in [6.07, 6.45) is 4.13. The second-order valence-corrected chi connectivity index (χ2v) is 9.12. The van der Waals surface area contributed by atoms with Crippen molar-refractivity contribution in [2.75, 3.05) is 51.8 Å². The normalized spacial score (nSPS) is 17.0. The van der Waals surface area contributed by atoms with E-state index in [1.54, 1.807) is 7.11 Å². The van der Waals surface area contributed by atoms with E-state index < -0.39 is 5.60 Å². The van der Waals surface area contributed by atoms with Gasteiger partial charge in [-0.2, -0.15) is 0 Å². The first-order valence-electron chi connectivity index (χ1n) is 12.1. The van der Waals surface area contributed by atoms with Crippen LogP contribution in [0.2, 0.25) is 0 Å². The molecule has 0 aromatic heterocycles. The van der Waals surface area contributed by atoms with Gasteiger partial charge in [0.05, 0.1) is 12.2 Å². The van der Waals surface area contributed by atoms with E-state index in [4.69, 9.17) is 9.47 Å². The first kappa shape index (κ1) is 25.5. The number of methoxy groups -OCH3 is 1. The Morgan fingerprint density at radius 1 is 1.09 bits per heavy atom. The van der Waals surface area contributed by atoms with Gasteiger partial charge in [0.2, 0.25) is 0 Å². The number of likely N-dealkylation sites (N-methyl/N-ethyl adjacent to an activating group) is 1. The minimum atomic E-state index is -0.849. The minimum absolute atomic E-state index is 0.200. The first-order valence-corrected chi connectivity index (χ1v) is 12.1. The molecule has 1 fully saturated rings. The van der Waals surface area contributed by atoms with Crippen molar-refractivity contribution in [1.82, 2.24) is 4.90 Å². The number of anilines is 1. The molecule has 0 amide bonds. The van der Waals surface area contributed by atoms with Crippen molar-refractivity contribution in [2.24, 2.45) is 0 Å². The van der Waals surface area contributed by atoms with Gasteiger partial charge in [-0.3, -0.25) is 0 Å². The van der Waals surface area contributed by atoms with E-state index in [0.29, 0.717) is 19.4 Å². The van der Waals surface area contributed by atoms with E-state index in [-0.39, 0.29) is 11.9 Å². The van der Waals surface area contributed by atoms with E-state index in [1.807, 2.05) is 31.3 Å². The fourth-order valence-corrected chi connectivity index (χ4v) is 4.37. The highest BCUT2D eigenvalue weighted by molar-refractivity contribution is 5.48. The van der Waals surface area contributed by atoms with Gasteiger partial charge in [-0.1, -0.05) is 25.5 Å². The maximum Gasteiger partial charge on any atom is 0.123 e. The number of hydrogen-bond acceptors (Lipinski definition) is 5. The van der Waals surface area contributed by atoms with Crippen molar-refractivity contribution < 1.29 is 19.0 Å². The lowest BCUT2D eigenvalue weighted by atomic mass is 9.85. The van der Waals surface area contributed by atoms with Crippen LogP contribution in [-0.2, 0) is 11.2 Å². The van der Waals surface area contributed by atoms with Crippen LogP contribution in [0.1, 0.15) is 38.2 Å². The quantitative estimate of drug-likeness (QED) is 0.474. The van der Waals surface area contributed by atoms with Crippen LogP contribution in [0.4, 0.5) is 10.1 Å². The summed E-state index contributed by atoms with van der Waals surface area (Å²) in [5, 5.41) is 11.4. The molecular weight excluding hydrogens is 419 g/mol. The summed E-state index contributed by atoms with van der Waals surface area (Å²) in [6, 6.07) is 14.8. The van der Waals surface area contributed by atoms with Gasteiger partial charge in [0.1, 0.15) is 17.7 Å². The smallest absolute Gasteiger partial charge is 0.123 e. The van der Waals surface area contributed by atoms with E-state index >= 15 is 0 Å². The highest BCUT2D eigenvalue weighted by Crippen LogP contribution is 2.29. The number of nitrogens with zero attached hydrogens (tertiary/aromatic N) is 2. The number of unbranched alkanes of at least 4 members (excludes halogenated alkanes) is 1. The molecule has 1 aliphatic rings. The Hall–Kier alpha value is -2.15. The predicted octanol–water partition coefficient (Wildman–Crippen LogP) is 4.53. The van der Waals surface area contributed by atoms with Crippen LogP contribution in [0.15, 0.2) is 48.5 Å². The maximum absolute atomic E-state index is 13.1. The SMILES string of the molecule is CCCCOc1ccc(N(C)CC(OC)C2(O)CCN(CCc3ccc(F)cc3)CC2)cc1. The Kier molecular flexibility index (Phi) is 9.53. The van der Waals surface area contributed by atoms with Crippen LogP contribution in [0.3, 0.4) is 0 Å². The van der Waals surface area contributed by atoms with Crippen molar-refractivity contribution in [3.05, 3.63) is 59.9 Å². The third-order valence-corrected chi connectivity index (χ3v) is 6.72. The second kappa shape index (κ2) is 12.4. The summed E-state index contributed by atoms with van der Waals surface area (Å²) in [5.41, 5.74) is 1.36. The molecule has 0 spiro atoms. The third kappa shape index (κ3) is 7.42. The summed E-state index contributed by atoms with van der Waals surface area (Å²) in [5.74, 6) is 0.684. The average molecular weight is 459 g/mol.